The molecule has 1 aromatic heterocycles. The highest BCUT2D eigenvalue weighted by Crippen LogP contribution is 2.41. The molecule has 3 rings (SSSR count). The number of aromatic nitrogens is 2. The molecule has 0 unspecified atom stereocenters. The molecule has 1 amide bonds. The number of aryl methyl sites for hydroxylation is 1. The van der Waals surface area contributed by atoms with Crippen LogP contribution in [-0.4, -0.2) is 33.4 Å². The number of hydrogen-bond donors (Lipinski definition) is 2. The molecule has 7 nitrogen and oxygen atoms in total. The fourth-order valence-corrected chi connectivity index (χ4v) is 2.86. The number of hydrogen-bond acceptors (Lipinski definition) is 4. The molecule has 1 aromatic carbocycles. The summed E-state index contributed by atoms with van der Waals surface area (Å²) in [5.74, 6) is 0.224. The van der Waals surface area contributed by atoms with E-state index in [1.807, 2.05) is 31.3 Å². The van der Waals surface area contributed by atoms with Crippen LogP contribution in [0.4, 0.5) is 0 Å². The first-order chi connectivity index (χ1) is 12.5. The molecule has 1 saturated carbocycles. The van der Waals surface area contributed by atoms with Gasteiger partial charge in [-0.1, -0.05) is 12.1 Å². The van der Waals surface area contributed by atoms with E-state index in [1.54, 1.807) is 10.9 Å². The van der Waals surface area contributed by atoms with Crippen LogP contribution in [0.3, 0.4) is 0 Å². The van der Waals surface area contributed by atoms with Crippen molar-refractivity contribution >= 4 is 11.9 Å². The average molecular weight is 357 g/mol. The zero-order valence-electron chi connectivity index (χ0n) is 14.8. The second-order valence-corrected chi connectivity index (χ2v) is 6.51. The standard InChI is InChI=1S/C19H23N3O4/c1-22-18(14-6-7-14)16(12-21-22)19(25)20-11-13-4-8-15(9-5-13)26-10-2-3-17(23)24/h4-5,8-9,12,14H,2-3,6-7,10-11H2,1H3,(H,20,25)(H,23,24). The molecule has 1 aliphatic carbocycles. The molecule has 0 saturated heterocycles. The van der Waals surface area contributed by atoms with Gasteiger partial charge in [0.05, 0.1) is 24.1 Å². The smallest absolute Gasteiger partial charge is 0.303 e. The number of carbonyl (C=O) groups excluding carboxylic acids is 1. The lowest BCUT2D eigenvalue weighted by Crippen LogP contribution is -2.23. The molecule has 7 heteroatoms. The normalized spacial score (nSPS) is 13.4. The Hall–Kier alpha value is -2.83. The summed E-state index contributed by atoms with van der Waals surface area (Å²) in [7, 11) is 1.87. The second kappa shape index (κ2) is 8.03. The maximum atomic E-state index is 12.4. The number of amides is 1. The maximum absolute atomic E-state index is 12.4. The molecule has 0 spiro atoms. The molecule has 0 bridgehead atoms. The third kappa shape index (κ3) is 4.62. The van der Waals surface area contributed by atoms with Crippen LogP contribution in [0.5, 0.6) is 5.75 Å². The van der Waals surface area contributed by atoms with Crippen molar-refractivity contribution in [2.75, 3.05) is 6.61 Å². The number of carboxylic acid groups (broad SMARTS) is 1. The number of aliphatic carboxylic acids is 1. The first kappa shape index (κ1) is 18.0. The largest absolute Gasteiger partial charge is 0.494 e. The predicted molar refractivity (Wildman–Crippen MR) is 95.2 cm³/mol. The third-order valence-electron chi connectivity index (χ3n) is 4.37. The Kier molecular flexibility index (Phi) is 5.55. The topological polar surface area (TPSA) is 93.5 Å². The van der Waals surface area contributed by atoms with Gasteiger partial charge in [0.25, 0.3) is 5.91 Å². The lowest BCUT2D eigenvalue weighted by atomic mass is 10.1. The molecule has 1 fully saturated rings. The van der Waals surface area contributed by atoms with Crippen LogP contribution in [-0.2, 0) is 18.4 Å². The van der Waals surface area contributed by atoms with Crippen LogP contribution >= 0.6 is 0 Å². The summed E-state index contributed by atoms with van der Waals surface area (Å²) >= 11 is 0. The number of ether oxygens (including phenoxy) is 1. The van der Waals surface area contributed by atoms with Crippen molar-refractivity contribution in [1.29, 1.82) is 0 Å². The summed E-state index contributed by atoms with van der Waals surface area (Å²) < 4.78 is 7.29. The van der Waals surface area contributed by atoms with Crippen LogP contribution in [0.1, 0.15) is 53.2 Å². The van der Waals surface area contributed by atoms with Crippen molar-refractivity contribution in [3.63, 3.8) is 0 Å². The van der Waals surface area contributed by atoms with Crippen molar-refractivity contribution in [3.8, 4) is 5.75 Å². The molecule has 1 heterocycles. The monoisotopic (exact) mass is 357 g/mol. The molecule has 2 aromatic rings. The van der Waals surface area contributed by atoms with Gasteiger partial charge in [-0.2, -0.15) is 5.10 Å². The first-order valence-corrected chi connectivity index (χ1v) is 8.78. The Bertz CT molecular complexity index is 779. The Morgan fingerprint density at radius 3 is 2.69 bits per heavy atom. The summed E-state index contributed by atoms with van der Waals surface area (Å²) in [6.07, 6.45) is 4.45. The van der Waals surface area contributed by atoms with Gasteiger partial charge in [0.2, 0.25) is 0 Å². The van der Waals surface area contributed by atoms with Gasteiger partial charge in [-0.05, 0) is 37.0 Å². The van der Waals surface area contributed by atoms with Gasteiger partial charge in [0, 0.05) is 25.9 Å². The average Bonchev–Trinajstić information content (AvgIpc) is 3.39. The van der Waals surface area contributed by atoms with Gasteiger partial charge in [0.1, 0.15) is 5.75 Å². The zero-order chi connectivity index (χ0) is 18.5. The number of nitrogens with zero attached hydrogens (tertiary/aromatic N) is 2. The lowest BCUT2D eigenvalue weighted by molar-refractivity contribution is -0.137. The molecule has 0 aliphatic heterocycles. The molecule has 0 radical (unpaired) electrons. The number of carboxylic acids is 1. The van der Waals surface area contributed by atoms with Crippen LogP contribution in [0.15, 0.2) is 30.5 Å². The Labute approximate surface area is 152 Å². The molecule has 1 aliphatic rings. The third-order valence-corrected chi connectivity index (χ3v) is 4.37. The minimum absolute atomic E-state index is 0.0985. The molecular formula is C19H23N3O4. The highest BCUT2D eigenvalue weighted by Gasteiger charge is 2.31. The van der Waals surface area contributed by atoms with Crippen molar-refractivity contribution in [1.82, 2.24) is 15.1 Å². The van der Waals surface area contributed by atoms with Crippen LogP contribution in [0, 0.1) is 0 Å². The van der Waals surface area contributed by atoms with Crippen molar-refractivity contribution in [2.45, 2.75) is 38.1 Å². The van der Waals surface area contributed by atoms with Crippen molar-refractivity contribution in [3.05, 3.63) is 47.3 Å². The number of carbonyl (C=O) groups is 2. The number of rotatable bonds is 9. The van der Waals surface area contributed by atoms with Crippen LogP contribution < -0.4 is 10.1 Å². The fraction of sp³-hybridized carbons (Fsp3) is 0.421. The molecular weight excluding hydrogens is 334 g/mol. The first-order valence-electron chi connectivity index (χ1n) is 8.78. The summed E-state index contributed by atoms with van der Waals surface area (Å²) in [6.45, 7) is 0.796. The number of benzene rings is 1. The minimum atomic E-state index is -0.821. The summed E-state index contributed by atoms with van der Waals surface area (Å²) in [5.41, 5.74) is 2.65. The van der Waals surface area contributed by atoms with E-state index < -0.39 is 5.97 Å². The van der Waals surface area contributed by atoms with E-state index in [9.17, 15) is 9.59 Å². The molecule has 138 valence electrons. The lowest BCUT2D eigenvalue weighted by Gasteiger charge is -2.08. The quantitative estimate of drug-likeness (QED) is 0.673. The van der Waals surface area contributed by atoms with Gasteiger partial charge in [-0.25, -0.2) is 0 Å². The highest BCUT2D eigenvalue weighted by atomic mass is 16.5. The van der Waals surface area contributed by atoms with E-state index in [2.05, 4.69) is 10.4 Å². The molecule has 26 heavy (non-hydrogen) atoms. The van der Waals surface area contributed by atoms with Gasteiger partial charge < -0.3 is 15.2 Å². The van der Waals surface area contributed by atoms with E-state index in [0.29, 0.717) is 36.8 Å². The summed E-state index contributed by atoms with van der Waals surface area (Å²) in [6, 6.07) is 7.42. The van der Waals surface area contributed by atoms with E-state index in [4.69, 9.17) is 9.84 Å². The van der Waals surface area contributed by atoms with Crippen LogP contribution in [0.25, 0.3) is 0 Å². The van der Waals surface area contributed by atoms with Crippen molar-refractivity contribution in [2.24, 2.45) is 7.05 Å². The number of nitrogens with one attached hydrogen (secondary N) is 1. The Balaban J connectivity index is 1.49. The van der Waals surface area contributed by atoms with E-state index in [1.165, 1.54) is 0 Å². The molecule has 2 N–H and O–H groups in total. The van der Waals surface area contributed by atoms with E-state index >= 15 is 0 Å². The zero-order valence-corrected chi connectivity index (χ0v) is 14.8. The van der Waals surface area contributed by atoms with Gasteiger partial charge in [-0.15, -0.1) is 0 Å². The van der Waals surface area contributed by atoms with Gasteiger partial charge in [0.15, 0.2) is 0 Å². The molecule has 0 atom stereocenters. The van der Waals surface area contributed by atoms with E-state index in [-0.39, 0.29) is 12.3 Å². The van der Waals surface area contributed by atoms with Crippen molar-refractivity contribution < 1.29 is 19.4 Å². The van der Waals surface area contributed by atoms with Crippen LogP contribution in [0.2, 0.25) is 0 Å². The second-order valence-electron chi connectivity index (χ2n) is 6.51. The Morgan fingerprint density at radius 2 is 2.04 bits per heavy atom. The fourth-order valence-electron chi connectivity index (χ4n) is 2.86. The SMILES string of the molecule is Cn1ncc(C(=O)NCc2ccc(OCCCC(=O)O)cc2)c1C1CC1. The highest BCUT2D eigenvalue weighted by molar-refractivity contribution is 5.95. The minimum Gasteiger partial charge on any atom is -0.494 e. The predicted octanol–water partition coefficient (Wildman–Crippen LogP) is 2.47. The van der Waals surface area contributed by atoms with Gasteiger partial charge >= 0.3 is 5.97 Å². The maximum Gasteiger partial charge on any atom is 0.303 e. The Morgan fingerprint density at radius 1 is 1.31 bits per heavy atom. The summed E-state index contributed by atoms with van der Waals surface area (Å²) in [4.78, 5) is 22.9. The van der Waals surface area contributed by atoms with Gasteiger partial charge in [-0.3, -0.25) is 14.3 Å². The van der Waals surface area contributed by atoms with E-state index in [0.717, 1.165) is 24.1 Å². The summed E-state index contributed by atoms with van der Waals surface area (Å²) in [5, 5.41) is 15.7.